The maximum atomic E-state index is 13.1. The Morgan fingerprint density at radius 2 is 1.64 bits per heavy atom. The molecule has 0 aliphatic carbocycles. The molecule has 0 unspecified atom stereocenters. The van der Waals surface area contributed by atoms with E-state index in [9.17, 15) is 9.59 Å². The Morgan fingerprint density at radius 1 is 0.917 bits per heavy atom. The summed E-state index contributed by atoms with van der Waals surface area (Å²) in [5.41, 5.74) is 3.32. The van der Waals surface area contributed by atoms with E-state index in [0.29, 0.717) is 47.2 Å². The molecule has 1 heterocycles. The van der Waals surface area contributed by atoms with Crippen molar-refractivity contribution in [3.05, 3.63) is 83.4 Å². The van der Waals surface area contributed by atoms with Gasteiger partial charge in [-0.15, -0.1) is 0 Å². The number of ether oxygens (including phenoxy) is 3. The molecule has 0 fully saturated rings. The predicted octanol–water partition coefficient (Wildman–Crippen LogP) is 5.00. The first kappa shape index (κ1) is 24.8. The highest BCUT2D eigenvalue weighted by molar-refractivity contribution is 6.05. The van der Waals surface area contributed by atoms with E-state index in [2.05, 4.69) is 10.4 Å². The summed E-state index contributed by atoms with van der Waals surface area (Å²) in [5.74, 6) is 1.55. The van der Waals surface area contributed by atoms with Crippen molar-refractivity contribution < 1.29 is 23.8 Å². The third kappa shape index (κ3) is 5.66. The first-order valence-electron chi connectivity index (χ1n) is 11.8. The zero-order chi connectivity index (χ0) is 25.5. The van der Waals surface area contributed by atoms with Gasteiger partial charge in [-0.1, -0.05) is 0 Å². The van der Waals surface area contributed by atoms with Gasteiger partial charge in [0, 0.05) is 28.9 Å². The second-order valence-electron chi connectivity index (χ2n) is 8.14. The average Bonchev–Trinajstić information content (AvgIpc) is 2.93. The molecule has 2 amide bonds. The van der Waals surface area contributed by atoms with Crippen LogP contribution in [0.5, 0.6) is 17.2 Å². The number of hydrogen-bond acceptors (Lipinski definition) is 6. The minimum Gasteiger partial charge on any atom is -0.497 e. The van der Waals surface area contributed by atoms with E-state index in [1.54, 1.807) is 62.8 Å². The summed E-state index contributed by atoms with van der Waals surface area (Å²) in [5, 5.41) is 8.97. The van der Waals surface area contributed by atoms with Gasteiger partial charge in [0.05, 0.1) is 26.5 Å². The molecule has 0 spiro atoms. The molecule has 3 aromatic carbocycles. The van der Waals surface area contributed by atoms with E-state index in [-0.39, 0.29) is 11.8 Å². The Labute approximate surface area is 210 Å². The Hall–Kier alpha value is -4.33. The quantitative estimate of drug-likeness (QED) is 0.483. The molecule has 0 saturated heterocycles. The molecule has 0 atom stereocenters. The van der Waals surface area contributed by atoms with Crippen LogP contribution in [0, 0.1) is 0 Å². The monoisotopic (exact) mass is 487 g/mol. The summed E-state index contributed by atoms with van der Waals surface area (Å²) in [6.45, 7) is 2.97. The van der Waals surface area contributed by atoms with Crippen LogP contribution in [-0.2, 0) is 0 Å². The number of carbonyl (C=O) groups is 2. The number of rotatable bonds is 8. The molecule has 8 nitrogen and oxygen atoms in total. The van der Waals surface area contributed by atoms with Gasteiger partial charge in [-0.25, -0.2) is 5.01 Å². The average molecular weight is 488 g/mol. The molecule has 0 bridgehead atoms. The maximum absolute atomic E-state index is 13.1. The van der Waals surface area contributed by atoms with Crippen LogP contribution >= 0.6 is 0 Å². The summed E-state index contributed by atoms with van der Waals surface area (Å²) in [4.78, 5) is 25.6. The molecule has 0 radical (unpaired) electrons. The fraction of sp³-hybridized carbons (Fsp3) is 0.250. The van der Waals surface area contributed by atoms with Crippen LogP contribution in [0.3, 0.4) is 0 Å². The van der Waals surface area contributed by atoms with Gasteiger partial charge in [0.15, 0.2) is 11.5 Å². The highest BCUT2D eigenvalue weighted by atomic mass is 16.5. The molecule has 1 N–H and O–H groups in total. The second kappa shape index (κ2) is 11.4. The molecule has 3 aromatic rings. The smallest absolute Gasteiger partial charge is 0.273 e. The van der Waals surface area contributed by atoms with Crippen molar-refractivity contribution in [3.8, 4) is 17.2 Å². The van der Waals surface area contributed by atoms with Crippen LogP contribution in [0.25, 0.3) is 0 Å². The molecular weight excluding hydrogens is 458 g/mol. The van der Waals surface area contributed by atoms with E-state index >= 15 is 0 Å². The van der Waals surface area contributed by atoms with Crippen LogP contribution < -0.4 is 19.5 Å². The Morgan fingerprint density at radius 3 is 2.31 bits per heavy atom. The molecule has 1 aliphatic rings. The van der Waals surface area contributed by atoms with Crippen LogP contribution in [0.2, 0.25) is 0 Å². The van der Waals surface area contributed by atoms with Crippen molar-refractivity contribution in [1.82, 2.24) is 5.01 Å². The van der Waals surface area contributed by atoms with E-state index in [1.165, 1.54) is 5.01 Å². The van der Waals surface area contributed by atoms with Gasteiger partial charge in [0.2, 0.25) is 0 Å². The van der Waals surface area contributed by atoms with Crippen LogP contribution in [0.4, 0.5) is 5.69 Å². The van der Waals surface area contributed by atoms with Gasteiger partial charge >= 0.3 is 0 Å². The molecule has 0 saturated carbocycles. The van der Waals surface area contributed by atoms with E-state index in [0.717, 1.165) is 24.1 Å². The minimum absolute atomic E-state index is 0.196. The fourth-order valence-corrected chi connectivity index (χ4v) is 3.91. The summed E-state index contributed by atoms with van der Waals surface area (Å²) in [6, 6.07) is 19.3. The van der Waals surface area contributed by atoms with E-state index in [1.807, 2.05) is 25.1 Å². The lowest BCUT2D eigenvalue weighted by atomic mass is 10.0. The lowest BCUT2D eigenvalue weighted by molar-refractivity contribution is 0.0751. The highest BCUT2D eigenvalue weighted by Gasteiger charge is 2.21. The summed E-state index contributed by atoms with van der Waals surface area (Å²) in [6.07, 6.45) is 1.56. The Kier molecular flexibility index (Phi) is 7.85. The maximum Gasteiger partial charge on any atom is 0.273 e. The number of hydrogen-bond donors (Lipinski definition) is 1. The van der Waals surface area contributed by atoms with Crippen LogP contribution in [0.1, 0.15) is 46.0 Å². The number of nitrogens with one attached hydrogen (secondary N) is 1. The zero-order valence-corrected chi connectivity index (χ0v) is 20.6. The van der Waals surface area contributed by atoms with E-state index in [4.69, 9.17) is 14.2 Å². The molecule has 1 aliphatic heterocycles. The van der Waals surface area contributed by atoms with Gasteiger partial charge < -0.3 is 19.5 Å². The predicted molar refractivity (Wildman–Crippen MR) is 138 cm³/mol. The lowest BCUT2D eigenvalue weighted by Gasteiger charge is -2.24. The van der Waals surface area contributed by atoms with Crippen molar-refractivity contribution in [2.24, 2.45) is 5.10 Å². The number of methoxy groups -OCH3 is 2. The third-order valence-electron chi connectivity index (χ3n) is 5.80. The number of benzene rings is 3. The number of anilines is 1. The third-order valence-corrected chi connectivity index (χ3v) is 5.80. The van der Waals surface area contributed by atoms with Gasteiger partial charge in [-0.2, -0.15) is 5.10 Å². The Bertz CT molecular complexity index is 1250. The van der Waals surface area contributed by atoms with Gasteiger partial charge in [0.25, 0.3) is 11.8 Å². The SMILES string of the molecule is CCOc1cc(C2=NN(C(=O)c3ccc(NC(=O)c4ccc(OC)cc4)cc3)CCC2)ccc1OC. The number of hydrazone groups is 1. The molecule has 186 valence electrons. The van der Waals surface area contributed by atoms with Gasteiger partial charge in [0.1, 0.15) is 5.75 Å². The van der Waals surface area contributed by atoms with Crippen LogP contribution in [0.15, 0.2) is 71.8 Å². The fourth-order valence-electron chi connectivity index (χ4n) is 3.91. The highest BCUT2D eigenvalue weighted by Crippen LogP contribution is 2.29. The normalized spacial score (nSPS) is 13.0. The van der Waals surface area contributed by atoms with Crippen molar-refractivity contribution >= 4 is 23.2 Å². The molecule has 8 heteroatoms. The molecule has 4 rings (SSSR count). The number of nitrogens with zero attached hydrogens (tertiary/aromatic N) is 2. The van der Waals surface area contributed by atoms with Crippen molar-refractivity contribution in [2.45, 2.75) is 19.8 Å². The standard InChI is InChI=1S/C28H29N3O5/c1-4-36-26-18-21(11-16-25(26)35-3)24-6-5-17-31(30-24)28(33)20-7-12-22(13-8-20)29-27(32)19-9-14-23(34-2)15-10-19/h7-16,18H,4-6,17H2,1-3H3,(H,29,32). The molecular formula is C28H29N3O5. The first-order chi connectivity index (χ1) is 17.5. The first-order valence-corrected chi connectivity index (χ1v) is 11.8. The molecule has 36 heavy (non-hydrogen) atoms. The topological polar surface area (TPSA) is 89.5 Å². The largest absolute Gasteiger partial charge is 0.497 e. The van der Waals surface area contributed by atoms with Crippen LogP contribution in [-0.4, -0.2) is 49.9 Å². The second-order valence-corrected chi connectivity index (χ2v) is 8.14. The summed E-state index contributed by atoms with van der Waals surface area (Å²) < 4.78 is 16.2. The van der Waals surface area contributed by atoms with Crippen molar-refractivity contribution in [1.29, 1.82) is 0 Å². The number of carbonyl (C=O) groups excluding carboxylic acids is 2. The van der Waals surface area contributed by atoms with Crippen molar-refractivity contribution in [2.75, 3.05) is 32.7 Å². The van der Waals surface area contributed by atoms with Crippen molar-refractivity contribution in [3.63, 3.8) is 0 Å². The molecule has 0 aromatic heterocycles. The minimum atomic E-state index is -0.243. The van der Waals surface area contributed by atoms with E-state index < -0.39 is 0 Å². The van der Waals surface area contributed by atoms with Gasteiger partial charge in [-0.05, 0) is 86.5 Å². The van der Waals surface area contributed by atoms with Gasteiger partial charge in [-0.3, -0.25) is 9.59 Å². The zero-order valence-electron chi connectivity index (χ0n) is 20.6. The number of amides is 2. The summed E-state index contributed by atoms with van der Waals surface area (Å²) >= 11 is 0. The Balaban J connectivity index is 1.45. The lowest BCUT2D eigenvalue weighted by Crippen LogP contribution is -2.32. The summed E-state index contributed by atoms with van der Waals surface area (Å²) in [7, 11) is 3.18.